The maximum Gasteiger partial charge on any atom is 0.416 e. The van der Waals surface area contributed by atoms with E-state index in [1.165, 1.54) is 4.90 Å². The molecule has 1 aliphatic rings. The Balaban J connectivity index is 2.29. The Morgan fingerprint density at radius 3 is 2.70 bits per heavy atom. The molecule has 0 saturated carbocycles. The van der Waals surface area contributed by atoms with Crippen molar-refractivity contribution in [2.24, 2.45) is 0 Å². The number of carbonyl (C=O) groups excluding carboxylic acids is 1. The van der Waals surface area contributed by atoms with Crippen molar-refractivity contribution in [3.8, 4) is 0 Å². The molecule has 110 valence electrons. The lowest BCUT2D eigenvalue weighted by atomic mass is 10.1. The third kappa shape index (κ3) is 3.09. The van der Waals surface area contributed by atoms with Gasteiger partial charge in [-0.25, -0.2) is 4.39 Å². The first-order chi connectivity index (χ1) is 9.29. The molecule has 1 amide bonds. The minimum Gasteiger partial charge on any atom is -0.336 e. The number of carbonyl (C=O) groups is 1. The molecule has 0 bridgehead atoms. The van der Waals surface area contributed by atoms with Gasteiger partial charge in [0.15, 0.2) is 0 Å². The van der Waals surface area contributed by atoms with Gasteiger partial charge < -0.3 is 10.2 Å². The van der Waals surface area contributed by atoms with Gasteiger partial charge in [-0.1, -0.05) is 0 Å². The van der Waals surface area contributed by atoms with Crippen LogP contribution in [0.3, 0.4) is 0 Å². The van der Waals surface area contributed by atoms with Crippen LogP contribution < -0.4 is 5.32 Å². The van der Waals surface area contributed by atoms with Crippen molar-refractivity contribution in [3.05, 3.63) is 35.1 Å². The number of benzene rings is 1. The molecular weight excluding hydrogens is 276 g/mol. The van der Waals surface area contributed by atoms with Crippen molar-refractivity contribution in [1.82, 2.24) is 10.2 Å². The second kappa shape index (κ2) is 5.40. The van der Waals surface area contributed by atoms with Gasteiger partial charge in [0.25, 0.3) is 5.91 Å². The first kappa shape index (κ1) is 14.8. The normalized spacial score (nSPS) is 20.1. The van der Waals surface area contributed by atoms with Gasteiger partial charge in [0.2, 0.25) is 0 Å². The van der Waals surface area contributed by atoms with E-state index < -0.39 is 29.0 Å². The molecule has 1 heterocycles. The van der Waals surface area contributed by atoms with E-state index in [0.29, 0.717) is 37.8 Å². The van der Waals surface area contributed by atoms with Gasteiger partial charge in [0, 0.05) is 25.7 Å². The topological polar surface area (TPSA) is 32.3 Å². The van der Waals surface area contributed by atoms with Crippen LogP contribution in [0.5, 0.6) is 0 Å². The lowest BCUT2D eigenvalue weighted by molar-refractivity contribution is -0.137. The summed E-state index contributed by atoms with van der Waals surface area (Å²) in [6.45, 7) is 3.07. The Bertz CT molecular complexity index is 516. The minimum absolute atomic E-state index is 0.0292. The first-order valence-electron chi connectivity index (χ1n) is 6.18. The van der Waals surface area contributed by atoms with Crippen LogP contribution in [-0.2, 0) is 6.18 Å². The summed E-state index contributed by atoms with van der Waals surface area (Å²) in [5, 5.41) is 3.10. The number of amides is 1. The van der Waals surface area contributed by atoms with Crippen LogP contribution >= 0.6 is 0 Å². The van der Waals surface area contributed by atoms with Crippen LogP contribution in [0.15, 0.2) is 18.2 Å². The molecule has 2 rings (SSSR count). The average molecular weight is 290 g/mol. The Hall–Kier alpha value is -1.63. The molecule has 0 spiro atoms. The van der Waals surface area contributed by atoms with Crippen molar-refractivity contribution in [1.29, 1.82) is 0 Å². The molecule has 1 fully saturated rings. The quantitative estimate of drug-likeness (QED) is 0.805. The fraction of sp³-hybridized carbons (Fsp3) is 0.462. The van der Waals surface area contributed by atoms with Gasteiger partial charge >= 0.3 is 6.18 Å². The summed E-state index contributed by atoms with van der Waals surface area (Å²) in [4.78, 5) is 13.5. The van der Waals surface area contributed by atoms with E-state index in [-0.39, 0.29) is 6.04 Å². The largest absolute Gasteiger partial charge is 0.416 e. The second-order valence-corrected chi connectivity index (χ2v) is 4.80. The highest BCUT2D eigenvalue weighted by Crippen LogP contribution is 2.30. The van der Waals surface area contributed by atoms with Gasteiger partial charge in [-0.3, -0.25) is 4.79 Å². The van der Waals surface area contributed by atoms with Gasteiger partial charge in [0.05, 0.1) is 11.1 Å². The highest BCUT2D eigenvalue weighted by molar-refractivity contribution is 5.94. The van der Waals surface area contributed by atoms with E-state index in [0.717, 1.165) is 0 Å². The van der Waals surface area contributed by atoms with Crippen LogP contribution in [0.4, 0.5) is 17.6 Å². The second-order valence-electron chi connectivity index (χ2n) is 4.80. The average Bonchev–Trinajstić information content (AvgIpc) is 2.37. The van der Waals surface area contributed by atoms with Crippen LogP contribution in [0, 0.1) is 5.82 Å². The van der Waals surface area contributed by atoms with E-state index in [4.69, 9.17) is 0 Å². The zero-order valence-electron chi connectivity index (χ0n) is 10.8. The number of halogens is 4. The molecule has 0 radical (unpaired) electrons. The first-order valence-corrected chi connectivity index (χ1v) is 6.18. The molecule has 1 N–H and O–H groups in total. The zero-order valence-corrected chi connectivity index (χ0v) is 10.8. The number of alkyl halides is 3. The fourth-order valence-electron chi connectivity index (χ4n) is 2.15. The maximum absolute atomic E-state index is 13.6. The molecule has 0 aliphatic carbocycles. The Kier molecular flexibility index (Phi) is 3.99. The molecule has 1 unspecified atom stereocenters. The number of nitrogens with zero attached hydrogens (tertiary/aromatic N) is 1. The van der Waals surface area contributed by atoms with Crippen LogP contribution in [-0.4, -0.2) is 36.5 Å². The summed E-state index contributed by atoms with van der Waals surface area (Å²) in [7, 11) is 0. The summed E-state index contributed by atoms with van der Waals surface area (Å²) in [6, 6.07) is 1.92. The highest BCUT2D eigenvalue weighted by Gasteiger charge is 2.33. The van der Waals surface area contributed by atoms with Gasteiger partial charge in [-0.05, 0) is 25.1 Å². The SMILES string of the molecule is CC1CN(C(=O)c2cc(C(F)(F)F)ccc2F)CCN1. The van der Waals surface area contributed by atoms with Crippen molar-refractivity contribution in [3.63, 3.8) is 0 Å². The van der Waals surface area contributed by atoms with Crippen molar-refractivity contribution in [2.45, 2.75) is 19.1 Å². The molecule has 1 aliphatic heterocycles. The molecule has 7 heteroatoms. The van der Waals surface area contributed by atoms with E-state index in [1.54, 1.807) is 0 Å². The molecule has 0 aromatic heterocycles. The summed E-state index contributed by atoms with van der Waals surface area (Å²) in [5.74, 6) is -1.64. The lowest BCUT2D eigenvalue weighted by Crippen LogP contribution is -2.51. The van der Waals surface area contributed by atoms with E-state index in [1.807, 2.05) is 6.92 Å². The molecule has 1 aromatic carbocycles. The highest BCUT2D eigenvalue weighted by atomic mass is 19.4. The molecular formula is C13H14F4N2O. The predicted octanol–water partition coefficient (Wildman–Crippen LogP) is 2.28. The number of piperazine rings is 1. The summed E-state index contributed by atoms with van der Waals surface area (Å²) >= 11 is 0. The minimum atomic E-state index is -4.60. The molecule has 1 aromatic rings. The van der Waals surface area contributed by atoms with Gasteiger partial charge in [-0.2, -0.15) is 13.2 Å². The number of hydrogen-bond acceptors (Lipinski definition) is 2. The smallest absolute Gasteiger partial charge is 0.336 e. The summed E-state index contributed by atoms with van der Waals surface area (Å²) < 4.78 is 51.5. The molecule has 1 atom stereocenters. The van der Waals surface area contributed by atoms with Gasteiger partial charge in [-0.15, -0.1) is 0 Å². The van der Waals surface area contributed by atoms with Gasteiger partial charge in [0.1, 0.15) is 5.82 Å². The summed E-state index contributed by atoms with van der Waals surface area (Å²) in [5.41, 5.74) is -1.56. The van der Waals surface area contributed by atoms with Crippen LogP contribution in [0.25, 0.3) is 0 Å². The number of hydrogen-bond donors (Lipinski definition) is 1. The standard InChI is InChI=1S/C13H14F4N2O/c1-8-7-19(5-4-18-8)12(20)10-6-9(13(15,16)17)2-3-11(10)14/h2-3,6,8,18H,4-5,7H2,1H3. The lowest BCUT2D eigenvalue weighted by Gasteiger charge is -2.32. The fourth-order valence-corrected chi connectivity index (χ4v) is 2.15. The monoisotopic (exact) mass is 290 g/mol. The number of nitrogens with one attached hydrogen (secondary N) is 1. The Morgan fingerprint density at radius 1 is 1.40 bits per heavy atom. The zero-order chi connectivity index (χ0) is 14.9. The Labute approximate surface area is 113 Å². The Morgan fingerprint density at radius 2 is 2.10 bits per heavy atom. The van der Waals surface area contributed by atoms with Crippen LogP contribution in [0.1, 0.15) is 22.8 Å². The molecule has 20 heavy (non-hydrogen) atoms. The third-order valence-corrected chi connectivity index (χ3v) is 3.18. The van der Waals surface area contributed by atoms with Crippen molar-refractivity contribution < 1.29 is 22.4 Å². The number of rotatable bonds is 1. The molecule has 1 saturated heterocycles. The van der Waals surface area contributed by atoms with Crippen molar-refractivity contribution >= 4 is 5.91 Å². The van der Waals surface area contributed by atoms with Crippen molar-refractivity contribution in [2.75, 3.05) is 19.6 Å². The summed E-state index contributed by atoms with van der Waals surface area (Å²) in [6.07, 6.45) is -4.60. The molecule has 3 nitrogen and oxygen atoms in total. The van der Waals surface area contributed by atoms with E-state index >= 15 is 0 Å². The van der Waals surface area contributed by atoms with E-state index in [9.17, 15) is 22.4 Å². The van der Waals surface area contributed by atoms with E-state index in [2.05, 4.69) is 5.32 Å². The third-order valence-electron chi connectivity index (χ3n) is 3.18. The maximum atomic E-state index is 13.6. The predicted molar refractivity (Wildman–Crippen MR) is 64.8 cm³/mol. The van der Waals surface area contributed by atoms with Crippen LogP contribution in [0.2, 0.25) is 0 Å².